The molecule has 4 heterocycles. The Labute approximate surface area is 435 Å². The molecule has 16 heteroatoms. The zero-order valence-corrected chi connectivity index (χ0v) is 45.0. The van der Waals surface area contributed by atoms with Crippen LogP contribution >= 0.6 is 38.7 Å². The molecule has 0 bridgehead atoms. The first-order valence-electron chi connectivity index (χ1n) is 26.4. The van der Waals surface area contributed by atoms with Crippen LogP contribution < -0.4 is 19.7 Å². The molecule has 2 saturated heterocycles. The number of esters is 2. The molecule has 0 aromatic heterocycles. The first-order valence-corrected chi connectivity index (χ1v) is 31.7. The van der Waals surface area contributed by atoms with E-state index in [1.807, 2.05) is 121 Å². The fourth-order valence-corrected chi connectivity index (χ4v) is 15.2. The maximum Gasteiger partial charge on any atom is 0.411 e. The summed E-state index contributed by atoms with van der Waals surface area (Å²) in [4.78, 5) is 25.4. The molecule has 8 rings (SSSR count). The lowest BCUT2D eigenvalue weighted by atomic mass is 10.0. The Bertz CT molecular complexity index is 2290. The monoisotopic (exact) mass is 1060 g/mol. The lowest BCUT2D eigenvalue weighted by Gasteiger charge is -2.27. The number of fused-ring (bicyclic) bond motifs is 7. The maximum atomic E-state index is 13.7. The Morgan fingerprint density at radius 3 is 1.21 bits per heavy atom. The standard InChI is InChI=1S/C56H72O12P2S2/c57-53(33-13-9-5-1-3-7-11-23-37-71-39-35-63-69(59)51-31-21-17-27-45(51)43-25-15-19-29-47(43)67-69)65-49-41-61-56-50(42-62-55(49)56)66-54(58)34-14-10-6-2-4-8-12-24-38-72-40-36-64-70(60)52-32-22-18-28-46(52)44-26-16-20-30-48(44)68-70/h15-22,25-32,49-50,55-56H,1-14,23-24,33-42H2/t49-,50+,55-,56-,69?,70?/m1/s1. The molecule has 0 amide bonds. The van der Waals surface area contributed by atoms with Crippen molar-refractivity contribution < 1.29 is 55.8 Å². The van der Waals surface area contributed by atoms with Crippen LogP contribution in [-0.2, 0) is 46.7 Å². The second-order valence-corrected chi connectivity index (χ2v) is 25.2. The van der Waals surface area contributed by atoms with Crippen molar-refractivity contribution in [3.05, 3.63) is 97.1 Å². The molecule has 72 heavy (non-hydrogen) atoms. The molecule has 12 nitrogen and oxygen atoms in total. The number of ether oxygens (including phenoxy) is 4. The maximum absolute atomic E-state index is 13.7. The summed E-state index contributed by atoms with van der Waals surface area (Å²) < 4.78 is 74.5. The summed E-state index contributed by atoms with van der Waals surface area (Å²) >= 11 is 3.65. The van der Waals surface area contributed by atoms with Gasteiger partial charge >= 0.3 is 27.1 Å². The summed E-state index contributed by atoms with van der Waals surface area (Å²) in [5.74, 6) is 4.36. The lowest BCUT2D eigenvalue weighted by molar-refractivity contribution is -0.155. The van der Waals surface area contributed by atoms with Crippen molar-refractivity contribution in [2.75, 3.05) is 49.4 Å². The molecule has 2 fully saturated rings. The molecule has 0 aliphatic carbocycles. The Kier molecular flexibility index (Phi) is 21.5. The third kappa shape index (κ3) is 15.3. The van der Waals surface area contributed by atoms with Crippen molar-refractivity contribution in [3.8, 4) is 33.8 Å². The second kappa shape index (κ2) is 28.4. The average Bonchev–Trinajstić information content (AvgIpc) is 3.99. The van der Waals surface area contributed by atoms with Crippen LogP contribution in [-0.4, -0.2) is 85.8 Å². The predicted molar refractivity (Wildman–Crippen MR) is 288 cm³/mol. The largest absolute Gasteiger partial charge is 0.457 e. The van der Waals surface area contributed by atoms with Crippen molar-refractivity contribution in [2.24, 2.45) is 0 Å². The molecule has 4 aromatic rings. The normalized spacial score (nSPS) is 22.4. The van der Waals surface area contributed by atoms with Crippen LogP contribution in [0.25, 0.3) is 22.3 Å². The zero-order chi connectivity index (χ0) is 49.9. The number of para-hydroxylation sites is 2. The number of unbranched alkanes of at least 4 members (excludes halogenated alkanes) is 14. The van der Waals surface area contributed by atoms with E-state index in [1.54, 1.807) is 0 Å². The third-order valence-electron chi connectivity index (χ3n) is 13.5. The van der Waals surface area contributed by atoms with Gasteiger partial charge in [-0.3, -0.25) is 18.6 Å². The molecule has 6 atom stereocenters. The van der Waals surface area contributed by atoms with Gasteiger partial charge in [-0.1, -0.05) is 150 Å². The highest BCUT2D eigenvalue weighted by atomic mass is 32.2. The van der Waals surface area contributed by atoms with Crippen LogP contribution in [0.1, 0.15) is 116 Å². The Hall–Kier alpha value is -3.58. The Morgan fingerprint density at radius 2 is 0.792 bits per heavy atom. The van der Waals surface area contributed by atoms with E-state index >= 15 is 0 Å². The van der Waals surface area contributed by atoms with Crippen molar-refractivity contribution in [2.45, 2.75) is 140 Å². The minimum atomic E-state index is -3.43. The molecular weight excluding hydrogens is 991 g/mol. The molecule has 4 aliphatic rings. The highest BCUT2D eigenvalue weighted by Crippen LogP contribution is 2.56. The van der Waals surface area contributed by atoms with Gasteiger partial charge in [0.2, 0.25) is 0 Å². The zero-order valence-electron chi connectivity index (χ0n) is 41.5. The number of hydrogen-bond donors (Lipinski definition) is 0. The topological polar surface area (TPSA) is 142 Å². The van der Waals surface area contributed by atoms with Crippen molar-refractivity contribution in [1.29, 1.82) is 0 Å². The van der Waals surface area contributed by atoms with Crippen LogP contribution in [0.3, 0.4) is 0 Å². The van der Waals surface area contributed by atoms with Gasteiger partial charge in [0.05, 0.1) is 37.0 Å². The van der Waals surface area contributed by atoms with Crippen LogP contribution in [0.5, 0.6) is 11.5 Å². The molecule has 390 valence electrons. The van der Waals surface area contributed by atoms with E-state index in [2.05, 4.69) is 0 Å². The molecular formula is C56H72O12P2S2. The Morgan fingerprint density at radius 1 is 0.444 bits per heavy atom. The summed E-state index contributed by atoms with van der Waals surface area (Å²) in [5.41, 5.74) is 3.70. The number of benzene rings is 4. The lowest BCUT2D eigenvalue weighted by Crippen LogP contribution is -2.35. The van der Waals surface area contributed by atoms with E-state index in [0.717, 1.165) is 109 Å². The van der Waals surface area contributed by atoms with E-state index in [1.165, 1.54) is 38.5 Å². The number of thioether (sulfide) groups is 2. The number of carbonyl (C=O) groups is 2. The fourth-order valence-electron chi connectivity index (χ4n) is 9.76. The number of rotatable bonds is 32. The van der Waals surface area contributed by atoms with Gasteiger partial charge in [0.25, 0.3) is 0 Å². The van der Waals surface area contributed by atoms with Crippen molar-refractivity contribution in [3.63, 3.8) is 0 Å². The SMILES string of the molecule is O=C(CCCCCCCCCCSCCOP1(=O)Oc2ccccc2-c2ccccc21)O[C@H]1CO[C@H]2[C@@H]1OC[C@H]2OC(=O)CCCCCCCCCCSCCOP1(=O)Oc2ccccc2-c2ccccc21. The molecule has 0 N–H and O–H groups in total. The van der Waals surface area contributed by atoms with Crippen molar-refractivity contribution >= 4 is 61.3 Å². The molecule has 4 aromatic carbocycles. The average molecular weight is 1060 g/mol. The van der Waals surface area contributed by atoms with Crippen LogP contribution in [0, 0.1) is 0 Å². The smallest absolute Gasteiger partial charge is 0.411 e. The number of hydrogen-bond acceptors (Lipinski definition) is 14. The summed E-state index contributed by atoms with van der Waals surface area (Å²) in [7, 11) is -6.86. The van der Waals surface area contributed by atoms with E-state index in [0.29, 0.717) is 48.2 Å². The molecule has 0 spiro atoms. The highest BCUT2D eigenvalue weighted by molar-refractivity contribution is 7.99. The van der Waals surface area contributed by atoms with Crippen LogP contribution in [0.4, 0.5) is 0 Å². The number of carbonyl (C=O) groups excluding carboxylic acids is 2. The van der Waals surface area contributed by atoms with Gasteiger partial charge in [0.15, 0.2) is 12.2 Å². The second-order valence-electron chi connectivity index (χ2n) is 18.9. The minimum Gasteiger partial charge on any atom is -0.457 e. The van der Waals surface area contributed by atoms with Crippen LogP contribution in [0.15, 0.2) is 97.1 Å². The van der Waals surface area contributed by atoms with Gasteiger partial charge < -0.3 is 28.0 Å². The quantitative estimate of drug-likeness (QED) is 0.0260. The molecule has 2 unspecified atom stereocenters. The van der Waals surface area contributed by atoms with E-state index in [4.69, 9.17) is 37.0 Å². The van der Waals surface area contributed by atoms with Gasteiger partial charge in [0, 0.05) is 46.6 Å². The van der Waals surface area contributed by atoms with Crippen LogP contribution in [0.2, 0.25) is 0 Å². The predicted octanol–water partition coefficient (Wildman–Crippen LogP) is 13.3. The molecule has 0 saturated carbocycles. The third-order valence-corrected chi connectivity index (χ3v) is 19.5. The van der Waals surface area contributed by atoms with Gasteiger partial charge in [-0.25, -0.2) is 9.13 Å². The van der Waals surface area contributed by atoms with Crippen molar-refractivity contribution in [1.82, 2.24) is 0 Å². The molecule has 0 radical (unpaired) electrons. The van der Waals surface area contributed by atoms with Gasteiger partial charge in [-0.15, -0.1) is 0 Å². The summed E-state index contributed by atoms with van der Waals surface area (Å²) in [6, 6.07) is 30.6. The Balaban J connectivity index is 0.564. The minimum absolute atomic E-state index is 0.230. The fraction of sp³-hybridized carbons (Fsp3) is 0.536. The van der Waals surface area contributed by atoms with E-state index < -0.39 is 39.6 Å². The van der Waals surface area contributed by atoms with E-state index in [-0.39, 0.29) is 25.2 Å². The summed E-state index contributed by atoms with van der Waals surface area (Å²) in [6.45, 7) is 1.25. The van der Waals surface area contributed by atoms with E-state index in [9.17, 15) is 18.7 Å². The van der Waals surface area contributed by atoms with Gasteiger partial charge in [-0.05, 0) is 61.5 Å². The summed E-state index contributed by atoms with van der Waals surface area (Å²) in [6.07, 6.45) is 16.5. The van der Waals surface area contributed by atoms with Gasteiger partial charge in [-0.2, -0.15) is 23.5 Å². The highest BCUT2D eigenvalue weighted by Gasteiger charge is 2.51. The first-order chi connectivity index (χ1) is 35.3. The van der Waals surface area contributed by atoms with Gasteiger partial charge in [0.1, 0.15) is 23.7 Å². The molecule has 4 aliphatic heterocycles. The summed E-state index contributed by atoms with van der Waals surface area (Å²) in [5, 5.41) is 1.26. The first kappa shape index (κ1) is 54.7.